The fraction of sp³-hybridized carbons (Fsp3) is 0.583. The molecule has 4 nitrogen and oxygen atoms in total. The first-order valence-corrected chi connectivity index (χ1v) is 5.34. The van der Waals surface area contributed by atoms with Crippen LogP contribution in [0.2, 0.25) is 0 Å². The van der Waals surface area contributed by atoms with Crippen LogP contribution in [0, 0.1) is 12.3 Å². The summed E-state index contributed by atoms with van der Waals surface area (Å²) in [5.74, 6) is 0.722. The van der Waals surface area contributed by atoms with Crippen LogP contribution < -0.4 is 10.1 Å². The molecule has 1 aromatic heterocycles. The summed E-state index contributed by atoms with van der Waals surface area (Å²) in [7, 11) is 1.62. The summed E-state index contributed by atoms with van der Waals surface area (Å²) in [5.41, 5.74) is 1.70. The molecule has 2 N–H and O–H groups in total. The Labute approximate surface area is 96.7 Å². The zero-order valence-electron chi connectivity index (χ0n) is 10.4. The molecule has 0 aromatic carbocycles. The second kappa shape index (κ2) is 5.16. The summed E-state index contributed by atoms with van der Waals surface area (Å²) in [5, 5.41) is 12.4. The number of aryl methyl sites for hydroxylation is 1. The maximum Gasteiger partial charge on any atom is 0.160 e. The van der Waals surface area contributed by atoms with Gasteiger partial charge in [0, 0.05) is 24.3 Å². The van der Waals surface area contributed by atoms with Gasteiger partial charge in [0.25, 0.3) is 0 Å². The first kappa shape index (κ1) is 12.8. The van der Waals surface area contributed by atoms with Crippen molar-refractivity contribution in [2.45, 2.75) is 20.8 Å². The predicted octanol–water partition coefficient (Wildman–Crippen LogP) is 1.83. The third kappa shape index (κ3) is 3.38. The van der Waals surface area contributed by atoms with Crippen LogP contribution in [-0.2, 0) is 0 Å². The van der Waals surface area contributed by atoms with Gasteiger partial charge in [0.1, 0.15) is 0 Å². The average molecular weight is 224 g/mol. The lowest BCUT2D eigenvalue weighted by atomic mass is 9.95. The van der Waals surface area contributed by atoms with Gasteiger partial charge in [-0.25, -0.2) is 0 Å². The van der Waals surface area contributed by atoms with Crippen molar-refractivity contribution in [3.63, 3.8) is 0 Å². The molecule has 0 radical (unpaired) electrons. The van der Waals surface area contributed by atoms with Gasteiger partial charge in [-0.15, -0.1) is 0 Å². The Balaban J connectivity index is 2.76. The predicted molar refractivity (Wildman–Crippen MR) is 64.9 cm³/mol. The molecule has 0 fully saturated rings. The average Bonchev–Trinajstić information content (AvgIpc) is 2.27. The lowest BCUT2D eigenvalue weighted by Crippen LogP contribution is -2.27. The van der Waals surface area contributed by atoms with E-state index in [-0.39, 0.29) is 12.0 Å². The topological polar surface area (TPSA) is 54.4 Å². The van der Waals surface area contributed by atoms with Crippen LogP contribution in [0.1, 0.15) is 19.5 Å². The van der Waals surface area contributed by atoms with Crippen molar-refractivity contribution in [3.8, 4) is 5.75 Å². The molecule has 16 heavy (non-hydrogen) atoms. The summed E-state index contributed by atoms with van der Waals surface area (Å²) in [6.45, 7) is 6.76. The highest BCUT2D eigenvalue weighted by Gasteiger charge is 2.16. The van der Waals surface area contributed by atoms with E-state index in [2.05, 4.69) is 10.3 Å². The zero-order valence-corrected chi connectivity index (χ0v) is 10.4. The van der Waals surface area contributed by atoms with Gasteiger partial charge in [-0.1, -0.05) is 13.8 Å². The second-order valence-corrected chi connectivity index (χ2v) is 4.70. The van der Waals surface area contributed by atoms with Crippen LogP contribution in [0.4, 0.5) is 5.69 Å². The number of methoxy groups -OCH3 is 1. The fourth-order valence-electron chi connectivity index (χ4n) is 1.24. The highest BCUT2D eigenvalue weighted by Crippen LogP contribution is 2.25. The molecule has 0 saturated carbocycles. The highest BCUT2D eigenvalue weighted by atomic mass is 16.5. The van der Waals surface area contributed by atoms with Crippen LogP contribution >= 0.6 is 0 Å². The third-order valence-electron chi connectivity index (χ3n) is 2.41. The molecule has 0 spiro atoms. The number of rotatable bonds is 5. The van der Waals surface area contributed by atoms with E-state index in [1.807, 2.05) is 26.8 Å². The minimum atomic E-state index is -0.151. The Bertz CT molecular complexity index is 351. The number of hydrogen-bond donors (Lipinski definition) is 2. The monoisotopic (exact) mass is 224 g/mol. The Morgan fingerprint density at radius 1 is 1.50 bits per heavy atom. The molecule has 0 amide bonds. The Morgan fingerprint density at radius 2 is 2.19 bits per heavy atom. The van der Waals surface area contributed by atoms with E-state index >= 15 is 0 Å². The molecule has 4 heteroatoms. The number of nitrogens with one attached hydrogen (secondary N) is 1. The number of aromatic nitrogens is 1. The number of anilines is 1. The summed E-state index contributed by atoms with van der Waals surface area (Å²) in [6, 6.07) is 1.94. The van der Waals surface area contributed by atoms with Crippen LogP contribution in [0.3, 0.4) is 0 Å². The summed E-state index contributed by atoms with van der Waals surface area (Å²) in [6.07, 6.45) is 1.70. The van der Waals surface area contributed by atoms with Crippen molar-refractivity contribution in [1.82, 2.24) is 4.98 Å². The van der Waals surface area contributed by atoms with Gasteiger partial charge in [-0.2, -0.15) is 0 Å². The van der Waals surface area contributed by atoms with E-state index in [4.69, 9.17) is 9.84 Å². The van der Waals surface area contributed by atoms with Gasteiger partial charge in [0.15, 0.2) is 5.75 Å². The number of hydrogen-bond acceptors (Lipinski definition) is 4. The molecular formula is C12H20N2O2. The van der Waals surface area contributed by atoms with E-state index in [9.17, 15) is 0 Å². The van der Waals surface area contributed by atoms with E-state index in [1.165, 1.54) is 0 Å². The van der Waals surface area contributed by atoms with Crippen molar-refractivity contribution in [2.24, 2.45) is 5.41 Å². The maximum atomic E-state index is 9.17. The number of aliphatic hydroxyl groups excluding tert-OH is 1. The summed E-state index contributed by atoms with van der Waals surface area (Å²) in [4.78, 5) is 4.16. The van der Waals surface area contributed by atoms with Crippen molar-refractivity contribution in [2.75, 3.05) is 25.6 Å². The Kier molecular flexibility index (Phi) is 4.12. The zero-order chi connectivity index (χ0) is 12.2. The van der Waals surface area contributed by atoms with Gasteiger partial charge in [-0.05, 0) is 13.0 Å². The first-order valence-electron chi connectivity index (χ1n) is 5.34. The third-order valence-corrected chi connectivity index (χ3v) is 2.41. The number of ether oxygens (including phenoxy) is 1. The molecular weight excluding hydrogens is 204 g/mol. The van der Waals surface area contributed by atoms with Gasteiger partial charge in [-0.3, -0.25) is 4.98 Å². The molecule has 90 valence electrons. The summed E-state index contributed by atoms with van der Waals surface area (Å²) >= 11 is 0. The lowest BCUT2D eigenvalue weighted by Gasteiger charge is -2.23. The van der Waals surface area contributed by atoms with E-state index in [1.54, 1.807) is 13.3 Å². The molecule has 0 unspecified atom stereocenters. The minimum absolute atomic E-state index is 0.145. The normalized spacial score (nSPS) is 11.3. The Hall–Kier alpha value is -1.29. The molecule has 0 bridgehead atoms. The van der Waals surface area contributed by atoms with Crippen LogP contribution in [0.5, 0.6) is 5.75 Å². The number of aliphatic hydroxyl groups is 1. The van der Waals surface area contributed by atoms with Crippen molar-refractivity contribution in [3.05, 3.63) is 18.0 Å². The standard InChI is InChI=1S/C12H20N2O2/c1-9-5-10(11(16-4)6-13-9)14-7-12(2,3)8-15/h5-6,15H,7-8H2,1-4H3,(H,13,14). The fourth-order valence-corrected chi connectivity index (χ4v) is 1.24. The first-order chi connectivity index (χ1) is 7.48. The van der Waals surface area contributed by atoms with Crippen molar-refractivity contribution < 1.29 is 9.84 Å². The second-order valence-electron chi connectivity index (χ2n) is 4.70. The van der Waals surface area contributed by atoms with E-state index < -0.39 is 0 Å². The molecule has 0 aliphatic heterocycles. The van der Waals surface area contributed by atoms with Gasteiger partial charge in [0.05, 0.1) is 19.0 Å². The quantitative estimate of drug-likeness (QED) is 0.801. The lowest BCUT2D eigenvalue weighted by molar-refractivity contribution is 0.170. The van der Waals surface area contributed by atoms with E-state index in [0.29, 0.717) is 6.54 Å². The van der Waals surface area contributed by atoms with Gasteiger partial charge in [0.2, 0.25) is 0 Å². The smallest absolute Gasteiger partial charge is 0.160 e. The number of nitrogens with zero attached hydrogens (tertiary/aromatic N) is 1. The molecule has 0 aliphatic carbocycles. The van der Waals surface area contributed by atoms with Gasteiger partial charge >= 0.3 is 0 Å². The number of pyridine rings is 1. The largest absolute Gasteiger partial charge is 0.493 e. The molecule has 0 aliphatic rings. The van der Waals surface area contributed by atoms with Gasteiger partial charge < -0.3 is 15.2 Å². The van der Waals surface area contributed by atoms with Crippen LogP contribution in [0.15, 0.2) is 12.3 Å². The van der Waals surface area contributed by atoms with E-state index in [0.717, 1.165) is 17.1 Å². The Morgan fingerprint density at radius 3 is 2.75 bits per heavy atom. The van der Waals surface area contributed by atoms with Crippen molar-refractivity contribution >= 4 is 5.69 Å². The molecule has 1 heterocycles. The van der Waals surface area contributed by atoms with Crippen LogP contribution in [-0.4, -0.2) is 30.4 Å². The van der Waals surface area contributed by atoms with Crippen molar-refractivity contribution in [1.29, 1.82) is 0 Å². The summed E-state index contributed by atoms with van der Waals surface area (Å²) < 4.78 is 5.21. The maximum absolute atomic E-state index is 9.17. The molecule has 1 aromatic rings. The van der Waals surface area contributed by atoms with Crippen LogP contribution in [0.25, 0.3) is 0 Å². The SMILES string of the molecule is COc1cnc(C)cc1NCC(C)(C)CO. The molecule has 0 saturated heterocycles. The minimum Gasteiger partial charge on any atom is -0.493 e. The molecule has 0 atom stereocenters. The molecule has 1 rings (SSSR count). The highest BCUT2D eigenvalue weighted by molar-refractivity contribution is 5.56.